The number of hydrogen-bond donors (Lipinski definition) is 2. The highest BCUT2D eigenvalue weighted by atomic mass is 16.5. The fourth-order valence-corrected chi connectivity index (χ4v) is 1.24. The maximum absolute atomic E-state index is 8.58. The minimum Gasteiger partial charge on any atom is -0.493 e. The molecule has 0 atom stereocenters. The lowest BCUT2D eigenvalue weighted by Crippen LogP contribution is -2.15. The van der Waals surface area contributed by atoms with Crippen LogP contribution in [0.1, 0.15) is 18.1 Å². The Labute approximate surface area is 83.0 Å². The van der Waals surface area contributed by atoms with Crippen molar-refractivity contribution in [2.45, 2.75) is 13.8 Å². The summed E-state index contributed by atoms with van der Waals surface area (Å²) in [5.74, 6) is 0.738. The van der Waals surface area contributed by atoms with Crippen molar-refractivity contribution in [1.82, 2.24) is 0 Å². The Bertz CT molecular complexity index is 348. The van der Waals surface area contributed by atoms with E-state index in [4.69, 9.17) is 15.7 Å². The molecule has 4 nitrogen and oxygen atoms in total. The third kappa shape index (κ3) is 1.96. The molecular formula is C10H14N2O2. The Hall–Kier alpha value is -1.71. The number of rotatable bonds is 3. The molecule has 0 aliphatic heterocycles. The van der Waals surface area contributed by atoms with Crippen LogP contribution >= 0.6 is 0 Å². The van der Waals surface area contributed by atoms with E-state index in [1.165, 1.54) is 0 Å². The van der Waals surface area contributed by atoms with Crippen LogP contribution in [0, 0.1) is 6.92 Å². The van der Waals surface area contributed by atoms with Gasteiger partial charge in [0.2, 0.25) is 0 Å². The molecule has 76 valence electrons. The summed E-state index contributed by atoms with van der Waals surface area (Å²) in [6.07, 6.45) is 0. The van der Waals surface area contributed by atoms with Crippen molar-refractivity contribution in [1.29, 1.82) is 0 Å². The summed E-state index contributed by atoms with van der Waals surface area (Å²) < 4.78 is 5.42. The van der Waals surface area contributed by atoms with Gasteiger partial charge in [0.25, 0.3) is 0 Å². The topological polar surface area (TPSA) is 67.8 Å². The predicted molar refractivity (Wildman–Crippen MR) is 54.9 cm³/mol. The van der Waals surface area contributed by atoms with Crippen LogP contribution in [0.5, 0.6) is 5.75 Å². The first-order valence-electron chi connectivity index (χ1n) is 4.41. The Morgan fingerprint density at radius 1 is 1.57 bits per heavy atom. The van der Waals surface area contributed by atoms with Gasteiger partial charge in [-0.2, -0.15) is 0 Å². The molecule has 0 unspecified atom stereocenters. The highest BCUT2D eigenvalue weighted by Crippen LogP contribution is 2.22. The normalized spacial score (nSPS) is 11.4. The van der Waals surface area contributed by atoms with Crippen LogP contribution in [-0.2, 0) is 0 Å². The van der Waals surface area contributed by atoms with E-state index in [0.29, 0.717) is 17.9 Å². The molecule has 0 aromatic heterocycles. The van der Waals surface area contributed by atoms with E-state index in [-0.39, 0.29) is 5.84 Å². The molecule has 4 heteroatoms. The van der Waals surface area contributed by atoms with Gasteiger partial charge in [0.1, 0.15) is 5.75 Å². The van der Waals surface area contributed by atoms with Crippen LogP contribution in [-0.4, -0.2) is 17.6 Å². The largest absolute Gasteiger partial charge is 0.493 e. The number of nitrogens with zero attached hydrogens (tertiary/aromatic N) is 1. The van der Waals surface area contributed by atoms with Gasteiger partial charge in [-0.1, -0.05) is 17.3 Å². The number of aryl methyl sites for hydroxylation is 1. The van der Waals surface area contributed by atoms with Gasteiger partial charge in [-0.25, -0.2) is 0 Å². The number of nitrogens with two attached hydrogens (primary N) is 1. The van der Waals surface area contributed by atoms with E-state index >= 15 is 0 Å². The van der Waals surface area contributed by atoms with Crippen molar-refractivity contribution < 1.29 is 9.94 Å². The molecule has 0 saturated carbocycles. The van der Waals surface area contributed by atoms with E-state index in [0.717, 1.165) is 5.56 Å². The number of hydrogen-bond acceptors (Lipinski definition) is 3. The zero-order valence-electron chi connectivity index (χ0n) is 8.32. The summed E-state index contributed by atoms with van der Waals surface area (Å²) >= 11 is 0. The second kappa shape index (κ2) is 4.50. The van der Waals surface area contributed by atoms with Crippen molar-refractivity contribution in [2.75, 3.05) is 6.61 Å². The maximum Gasteiger partial charge on any atom is 0.173 e. The summed E-state index contributed by atoms with van der Waals surface area (Å²) in [6.45, 7) is 4.36. The van der Waals surface area contributed by atoms with Gasteiger partial charge in [0, 0.05) is 0 Å². The van der Waals surface area contributed by atoms with Crippen molar-refractivity contribution in [2.24, 2.45) is 10.9 Å². The van der Waals surface area contributed by atoms with Gasteiger partial charge in [-0.3, -0.25) is 0 Å². The number of ether oxygens (including phenoxy) is 1. The van der Waals surface area contributed by atoms with E-state index in [1.807, 2.05) is 26.0 Å². The average molecular weight is 194 g/mol. The zero-order chi connectivity index (χ0) is 10.6. The van der Waals surface area contributed by atoms with Crippen molar-refractivity contribution in [3.8, 4) is 5.75 Å². The summed E-state index contributed by atoms with van der Waals surface area (Å²) in [5, 5.41) is 11.5. The number of amidine groups is 1. The molecular weight excluding hydrogens is 180 g/mol. The molecule has 0 amide bonds. The summed E-state index contributed by atoms with van der Waals surface area (Å²) in [4.78, 5) is 0. The highest BCUT2D eigenvalue weighted by Gasteiger charge is 2.09. The third-order valence-electron chi connectivity index (χ3n) is 1.88. The molecule has 0 radical (unpaired) electrons. The van der Waals surface area contributed by atoms with E-state index < -0.39 is 0 Å². The Balaban J connectivity index is 3.21. The molecule has 0 saturated heterocycles. The van der Waals surface area contributed by atoms with E-state index in [2.05, 4.69) is 5.16 Å². The summed E-state index contributed by atoms with van der Waals surface area (Å²) in [6, 6.07) is 5.51. The molecule has 1 aromatic rings. The second-order valence-electron chi connectivity index (χ2n) is 2.87. The molecule has 0 aliphatic carbocycles. The molecule has 0 fully saturated rings. The average Bonchev–Trinajstić information content (AvgIpc) is 2.20. The van der Waals surface area contributed by atoms with Crippen LogP contribution in [0.15, 0.2) is 23.4 Å². The zero-order valence-corrected chi connectivity index (χ0v) is 8.32. The van der Waals surface area contributed by atoms with Gasteiger partial charge in [-0.15, -0.1) is 0 Å². The van der Waals surface area contributed by atoms with Crippen molar-refractivity contribution >= 4 is 5.84 Å². The Morgan fingerprint density at radius 2 is 2.29 bits per heavy atom. The second-order valence-corrected chi connectivity index (χ2v) is 2.87. The maximum atomic E-state index is 8.58. The molecule has 0 spiro atoms. The summed E-state index contributed by atoms with van der Waals surface area (Å²) in [5.41, 5.74) is 7.10. The van der Waals surface area contributed by atoms with Crippen molar-refractivity contribution in [3.05, 3.63) is 29.3 Å². The molecule has 14 heavy (non-hydrogen) atoms. The highest BCUT2D eigenvalue weighted by molar-refractivity contribution is 5.99. The molecule has 1 aromatic carbocycles. The Kier molecular flexibility index (Phi) is 3.34. The predicted octanol–water partition coefficient (Wildman–Crippen LogP) is 1.49. The van der Waals surface area contributed by atoms with E-state index in [9.17, 15) is 0 Å². The smallest absolute Gasteiger partial charge is 0.173 e. The van der Waals surface area contributed by atoms with Gasteiger partial charge < -0.3 is 15.7 Å². The fourth-order valence-electron chi connectivity index (χ4n) is 1.24. The standard InChI is InChI=1S/C10H14N2O2/c1-3-14-9-7(2)5-4-6-8(9)10(11)12-13/h4-6,13H,3H2,1-2H3,(H2,11,12). The van der Waals surface area contributed by atoms with Crippen LogP contribution in [0.25, 0.3) is 0 Å². The molecule has 0 aliphatic rings. The number of oxime groups is 1. The number of benzene rings is 1. The van der Waals surface area contributed by atoms with Crippen LogP contribution in [0.3, 0.4) is 0 Å². The molecule has 1 rings (SSSR count). The fraction of sp³-hybridized carbons (Fsp3) is 0.300. The molecule has 3 N–H and O–H groups in total. The van der Waals surface area contributed by atoms with Crippen LogP contribution in [0.4, 0.5) is 0 Å². The molecule has 0 heterocycles. The molecule has 0 bridgehead atoms. The minimum absolute atomic E-state index is 0.0668. The number of para-hydroxylation sites is 1. The quantitative estimate of drug-likeness (QED) is 0.331. The van der Waals surface area contributed by atoms with Crippen molar-refractivity contribution in [3.63, 3.8) is 0 Å². The first kappa shape index (κ1) is 10.4. The van der Waals surface area contributed by atoms with Gasteiger partial charge in [0.15, 0.2) is 5.84 Å². The van der Waals surface area contributed by atoms with E-state index in [1.54, 1.807) is 6.07 Å². The Morgan fingerprint density at radius 3 is 2.86 bits per heavy atom. The van der Waals surface area contributed by atoms with Crippen LogP contribution < -0.4 is 10.5 Å². The summed E-state index contributed by atoms with van der Waals surface area (Å²) in [7, 11) is 0. The van der Waals surface area contributed by atoms with Gasteiger partial charge in [-0.05, 0) is 25.5 Å². The lowest BCUT2D eigenvalue weighted by atomic mass is 10.1. The lowest BCUT2D eigenvalue weighted by molar-refractivity contribution is 0.316. The minimum atomic E-state index is 0.0668. The van der Waals surface area contributed by atoms with Gasteiger partial charge >= 0.3 is 0 Å². The SMILES string of the molecule is CCOc1c(C)cccc1/C(N)=N/O. The van der Waals surface area contributed by atoms with Crippen LogP contribution in [0.2, 0.25) is 0 Å². The lowest BCUT2D eigenvalue weighted by Gasteiger charge is -2.11. The third-order valence-corrected chi connectivity index (χ3v) is 1.88. The monoisotopic (exact) mass is 194 g/mol. The first-order valence-corrected chi connectivity index (χ1v) is 4.41. The first-order chi connectivity index (χ1) is 6.70. The van der Waals surface area contributed by atoms with Gasteiger partial charge in [0.05, 0.1) is 12.2 Å².